The fraction of sp³-hybridized carbons (Fsp3) is 0.375. The number of aromatic nitrogens is 2. The normalized spacial score (nSPS) is 19.4. The maximum Gasteiger partial charge on any atom is 0.227 e. The number of hydrogen-bond donors (Lipinski definition) is 1. The van der Waals surface area contributed by atoms with E-state index in [0.29, 0.717) is 47.4 Å². The highest BCUT2D eigenvalue weighted by molar-refractivity contribution is 5.85. The molecule has 1 N–H and O–H groups in total. The molecule has 2 saturated heterocycles. The minimum absolute atomic E-state index is 0.0976. The third-order valence-corrected chi connectivity index (χ3v) is 10.4. The Balaban J connectivity index is 1.06. The number of likely N-dealkylation sites (tertiary alicyclic amines) is 2. The van der Waals surface area contributed by atoms with Crippen LogP contribution in [0.25, 0.3) is 33.7 Å². The first-order chi connectivity index (χ1) is 24.0. The molecule has 0 amide bonds. The van der Waals surface area contributed by atoms with Gasteiger partial charge >= 0.3 is 0 Å². The average Bonchev–Trinajstić information content (AvgIpc) is 3.94. The van der Waals surface area contributed by atoms with Crippen molar-refractivity contribution in [2.75, 3.05) is 33.3 Å². The average molecular weight is 656 g/mol. The van der Waals surface area contributed by atoms with E-state index >= 15 is 0 Å². The number of pyridine rings is 1. The Morgan fingerprint density at radius 1 is 0.939 bits per heavy atom. The molecule has 2 aromatic heterocycles. The quantitative estimate of drug-likeness (QED) is 0.180. The molecule has 2 aliphatic heterocycles. The zero-order valence-corrected chi connectivity index (χ0v) is 28.1. The van der Waals surface area contributed by atoms with Crippen molar-refractivity contribution in [1.82, 2.24) is 19.8 Å². The Hall–Kier alpha value is -4.75. The van der Waals surface area contributed by atoms with Crippen molar-refractivity contribution in [3.8, 4) is 40.4 Å². The lowest BCUT2D eigenvalue weighted by atomic mass is 9.91. The fourth-order valence-corrected chi connectivity index (χ4v) is 7.89. The third kappa shape index (κ3) is 6.17. The van der Waals surface area contributed by atoms with E-state index in [1.165, 1.54) is 29.5 Å². The number of β-amino-alcohol motifs (C(OH)–C–C–N with tert-alkyl or cyclic N) is 1. The minimum Gasteiger partial charge on any atom is -0.481 e. The van der Waals surface area contributed by atoms with E-state index in [0.717, 1.165) is 73.3 Å². The van der Waals surface area contributed by atoms with Gasteiger partial charge in [0.1, 0.15) is 17.7 Å². The van der Waals surface area contributed by atoms with E-state index in [9.17, 15) is 10.4 Å². The molecule has 3 aromatic carbocycles. The van der Waals surface area contributed by atoms with Crippen molar-refractivity contribution < 1.29 is 19.0 Å². The van der Waals surface area contributed by atoms with Gasteiger partial charge in [-0.25, -0.2) is 4.98 Å². The zero-order chi connectivity index (χ0) is 33.5. The molecule has 8 rings (SSSR count). The summed E-state index contributed by atoms with van der Waals surface area (Å²) < 4.78 is 18.5. The van der Waals surface area contributed by atoms with Gasteiger partial charge in [-0.2, -0.15) is 10.2 Å². The largest absolute Gasteiger partial charge is 0.481 e. The summed E-state index contributed by atoms with van der Waals surface area (Å²) in [4.78, 5) is 14.3. The van der Waals surface area contributed by atoms with E-state index in [4.69, 9.17) is 23.9 Å². The Kier molecular flexibility index (Phi) is 8.54. The summed E-state index contributed by atoms with van der Waals surface area (Å²) in [5, 5.41) is 19.9. The molecule has 9 heteroatoms. The molecule has 4 heterocycles. The van der Waals surface area contributed by atoms with E-state index in [1.54, 1.807) is 7.11 Å². The van der Waals surface area contributed by atoms with Crippen molar-refractivity contribution in [3.63, 3.8) is 0 Å². The molecule has 9 nitrogen and oxygen atoms in total. The Labute approximate surface area is 286 Å². The summed E-state index contributed by atoms with van der Waals surface area (Å²) in [5.74, 6) is 1.71. The third-order valence-electron chi connectivity index (χ3n) is 10.4. The molecule has 0 bridgehead atoms. The minimum atomic E-state index is -0.291. The van der Waals surface area contributed by atoms with Gasteiger partial charge in [-0.15, -0.1) is 0 Å². The van der Waals surface area contributed by atoms with Crippen LogP contribution in [0.15, 0.2) is 65.1 Å². The van der Waals surface area contributed by atoms with E-state index in [1.807, 2.05) is 30.3 Å². The van der Waals surface area contributed by atoms with Crippen LogP contribution in [0.3, 0.4) is 0 Å². The van der Waals surface area contributed by atoms with E-state index in [-0.39, 0.29) is 12.2 Å². The van der Waals surface area contributed by atoms with Crippen molar-refractivity contribution in [1.29, 1.82) is 5.26 Å². The summed E-state index contributed by atoms with van der Waals surface area (Å²) in [6.45, 7) is 7.34. The molecule has 0 spiro atoms. The lowest BCUT2D eigenvalue weighted by Crippen LogP contribution is -2.21. The second-order valence-corrected chi connectivity index (χ2v) is 13.6. The number of aliphatic hydroxyl groups excluding tert-OH is 1. The van der Waals surface area contributed by atoms with Crippen LogP contribution >= 0.6 is 0 Å². The van der Waals surface area contributed by atoms with Crippen LogP contribution in [-0.2, 0) is 19.5 Å². The molecule has 250 valence electrons. The zero-order valence-electron chi connectivity index (χ0n) is 28.1. The first-order valence-corrected chi connectivity index (χ1v) is 17.4. The molecule has 49 heavy (non-hydrogen) atoms. The summed E-state index contributed by atoms with van der Waals surface area (Å²) in [7, 11) is 1.68. The SMILES string of the molecule is COc1nc(O[C@@H]2CCc3c(-c4cccc(-c5nc6cc(CN7CC[C@@H](O)C7)cc(C#N)c6o5)c4C)cccc32)ccc1CN1CCCC1. The number of aliphatic hydroxyl groups is 1. The molecule has 5 aromatic rings. The number of benzene rings is 3. The van der Waals surface area contributed by atoms with Gasteiger partial charge in [0.05, 0.1) is 18.8 Å². The number of oxazole rings is 1. The second-order valence-electron chi connectivity index (χ2n) is 13.6. The predicted octanol–water partition coefficient (Wildman–Crippen LogP) is 6.97. The van der Waals surface area contributed by atoms with Gasteiger partial charge < -0.3 is 19.0 Å². The number of nitrogens with zero attached hydrogens (tertiary/aromatic N) is 5. The molecule has 0 unspecified atom stereocenters. The molecular weight excluding hydrogens is 614 g/mol. The Morgan fingerprint density at radius 2 is 1.76 bits per heavy atom. The summed E-state index contributed by atoms with van der Waals surface area (Å²) in [6, 6.07) is 22.9. The number of fused-ring (bicyclic) bond motifs is 2. The van der Waals surface area contributed by atoms with Crippen molar-refractivity contribution in [3.05, 3.63) is 94.0 Å². The first kappa shape index (κ1) is 31.5. The van der Waals surface area contributed by atoms with Crippen LogP contribution in [0.5, 0.6) is 11.8 Å². The molecule has 1 aliphatic carbocycles. The maximum atomic E-state index is 9.97. The molecular formula is C40H41N5O4. The number of hydrogen-bond acceptors (Lipinski definition) is 9. The molecule has 0 saturated carbocycles. The monoisotopic (exact) mass is 655 g/mol. The van der Waals surface area contributed by atoms with Crippen LogP contribution in [-0.4, -0.2) is 64.3 Å². The Bertz CT molecular complexity index is 2060. The smallest absolute Gasteiger partial charge is 0.227 e. The van der Waals surface area contributed by atoms with Gasteiger partial charge in [0, 0.05) is 43.4 Å². The first-order valence-electron chi connectivity index (χ1n) is 17.4. The standard InChI is InChI=1S/C40H41N5O4/c1-25-30(7-5-8-31(25)40-42-35-20-26(19-28(21-41)38(35)49-40)22-45-18-15-29(46)24-45)32-9-6-10-34-33(32)12-13-36(34)48-37-14-11-27(39(43-37)47-2)23-44-16-3-4-17-44/h5-11,14,19-20,29,36,46H,3-4,12-13,15-18,22-24H2,1-2H3/t29-,36-/m1/s1. The lowest BCUT2D eigenvalue weighted by molar-refractivity contribution is 0.175. The number of ether oxygens (including phenoxy) is 2. The predicted molar refractivity (Wildman–Crippen MR) is 187 cm³/mol. The topological polar surface area (TPSA) is 108 Å². The number of rotatable bonds is 9. The molecule has 0 radical (unpaired) electrons. The lowest BCUT2D eigenvalue weighted by Gasteiger charge is -2.19. The molecule has 2 fully saturated rings. The summed E-state index contributed by atoms with van der Waals surface area (Å²) in [5.41, 5.74) is 10.5. The molecule has 2 atom stereocenters. The highest BCUT2D eigenvalue weighted by Gasteiger charge is 2.29. The van der Waals surface area contributed by atoms with Gasteiger partial charge in [-0.05, 0) is 110 Å². The molecule has 3 aliphatic rings. The maximum absolute atomic E-state index is 9.97. The van der Waals surface area contributed by atoms with Gasteiger partial charge in [-0.1, -0.05) is 30.3 Å². The highest BCUT2D eigenvalue weighted by atomic mass is 16.5. The van der Waals surface area contributed by atoms with Crippen LogP contribution in [0.2, 0.25) is 0 Å². The van der Waals surface area contributed by atoms with Crippen LogP contribution in [0.4, 0.5) is 0 Å². The second kappa shape index (κ2) is 13.3. The number of nitriles is 1. The van der Waals surface area contributed by atoms with Gasteiger partial charge in [-0.3, -0.25) is 9.80 Å². The van der Waals surface area contributed by atoms with Gasteiger partial charge in [0.2, 0.25) is 17.7 Å². The van der Waals surface area contributed by atoms with Crippen LogP contribution < -0.4 is 9.47 Å². The summed E-state index contributed by atoms with van der Waals surface area (Å²) >= 11 is 0. The summed E-state index contributed by atoms with van der Waals surface area (Å²) in [6.07, 6.45) is 4.64. The van der Waals surface area contributed by atoms with Crippen LogP contribution in [0, 0.1) is 18.3 Å². The van der Waals surface area contributed by atoms with Gasteiger partial charge in [0.25, 0.3) is 0 Å². The van der Waals surface area contributed by atoms with Crippen molar-refractivity contribution in [2.45, 2.75) is 64.3 Å². The van der Waals surface area contributed by atoms with Crippen molar-refractivity contribution >= 4 is 11.1 Å². The van der Waals surface area contributed by atoms with Gasteiger partial charge in [0.15, 0.2) is 5.58 Å². The van der Waals surface area contributed by atoms with E-state index < -0.39 is 0 Å². The highest BCUT2D eigenvalue weighted by Crippen LogP contribution is 2.42. The Morgan fingerprint density at radius 3 is 2.55 bits per heavy atom. The van der Waals surface area contributed by atoms with Crippen molar-refractivity contribution in [2.24, 2.45) is 0 Å². The van der Waals surface area contributed by atoms with E-state index in [2.05, 4.69) is 53.1 Å². The van der Waals surface area contributed by atoms with Crippen LogP contribution in [0.1, 0.15) is 65.2 Å². The fourth-order valence-electron chi connectivity index (χ4n) is 7.89. The number of methoxy groups -OCH3 is 1.